The van der Waals surface area contributed by atoms with Crippen LogP contribution in [0, 0.1) is 11.7 Å². The van der Waals surface area contributed by atoms with E-state index in [1.807, 2.05) is 24.3 Å². The molecule has 1 fully saturated rings. The number of halogens is 3. The van der Waals surface area contributed by atoms with Gasteiger partial charge in [-0.3, -0.25) is 0 Å². The first-order valence-corrected chi connectivity index (χ1v) is 14.2. The summed E-state index contributed by atoms with van der Waals surface area (Å²) in [6.07, 6.45) is 1.45. The average molecular weight is 606 g/mol. The molecule has 5 aromatic rings. The summed E-state index contributed by atoms with van der Waals surface area (Å²) >= 11 is 12.6. The minimum absolute atomic E-state index is 0.00800. The van der Waals surface area contributed by atoms with E-state index < -0.39 is 11.8 Å². The van der Waals surface area contributed by atoms with Crippen LogP contribution in [0.5, 0.6) is 5.88 Å². The van der Waals surface area contributed by atoms with Crippen molar-refractivity contribution >= 4 is 40.2 Å². The van der Waals surface area contributed by atoms with Crippen molar-refractivity contribution in [3.8, 4) is 17.1 Å². The Balaban J connectivity index is 1.24. The van der Waals surface area contributed by atoms with Crippen LogP contribution in [0.4, 0.5) is 4.39 Å². The summed E-state index contributed by atoms with van der Waals surface area (Å²) in [6.45, 7) is 2.09. The van der Waals surface area contributed by atoms with Gasteiger partial charge in [-0.15, -0.1) is 0 Å². The number of ether oxygens (including phenoxy) is 2. The second kappa shape index (κ2) is 12.1. The van der Waals surface area contributed by atoms with Gasteiger partial charge in [0.25, 0.3) is 0 Å². The number of rotatable bonds is 9. The van der Waals surface area contributed by atoms with Crippen LogP contribution in [0.15, 0.2) is 72.8 Å². The molecular weight excluding hydrogens is 580 g/mol. The number of hydrogen-bond donors (Lipinski definition) is 1. The van der Waals surface area contributed by atoms with E-state index in [0.29, 0.717) is 52.7 Å². The lowest BCUT2D eigenvalue weighted by Gasteiger charge is -2.14. The van der Waals surface area contributed by atoms with Gasteiger partial charge in [-0.25, -0.2) is 19.2 Å². The SMILES string of the molecule is O=C(O)c1ccc2nc(Cc3ccc(-c4cccc(OCc5ccc(Cl)cc5F)n4)c(Cl)c3)n(CC3CCOC3)c2c1. The summed E-state index contributed by atoms with van der Waals surface area (Å²) < 4.78 is 27.6. The van der Waals surface area contributed by atoms with Crippen molar-refractivity contribution < 1.29 is 23.8 Å². The van der Waals surface area contributed by atoms with Gasteiger partial charge in [-0.1, -0.05) is 47.5 Å². The summed E-state index contributed by atoms with van der Waals surface area (Å²) in [5.41, 5.74) is 4.44. The molecule has 3 aromatic carbocycles. The molecule has 0 aliphatic carbocycles. The molecule has 0 spiro atoms. The molecule has 1 saturated heterocycles. The highest BCUT2D eigenvalue weighted by atomic mass is 35.5. The second-order valence-corrected chi connectivity index (χ2v) is 11.1. The quantitative estimate of drug-likeness (QED) is 0.188. The van der Waals surface area contributed by atoms with Crippen molar-refractivity contribution in [2.75, 3.05) is 13.2 Å². The van der Waals surface area contributed by atoms with Crippen LogP contribution in [0.3, 0.4) is 0 Å². The Morgan fingerprint density at radius 1 is 1.07 bits per heavy atom. The Morgan fingerprint density at radius 3 is 2.71 bits per heavy atom. The lowest BCUT2D eigenvalue weighted by Crippen LogP contribution is -2.14. The van der Waals surface area contributed by atoms with Crippen molar-refractivity contribution in [1.82, 2.24) is 14.5 Å². The van der Waals surface area contributed by atoms with Crippen molar-refractivity contribution in [3.05, 3.63) is 111 Å². The van der Waals surface area contributed by atoms with Gasteiger partial charge in [0.15, 0.2) is 0 Å². The number of imidazole rings is 1. The van der Waals surface area contributed by atoms with Crippen molar-refractivity contribution in [1.29, 1.82) is 0 Å². The zero-order valence-corrected chi connectivity index (χ0v) is 23.9. The van der Waals surface area contributed by atoms with Crippen LogP contribution in [0.25, 0.3) is 22.3 Å². The number of pyridine rings is 1. The predicted octanol–water partition coefficient (Wildman–Crippen LogP) is 7.45. The topological polar surface area (TPSA) is 86.5 Å². The first-order chi connectivity index (χ1) is 20.3. The van der Waals surface area contributed by atoms with Crippen molar-refractivity contribution in [3.63, 3.8) is 0 Å². The number of benzene rings is 3. The number of fused-ring (bicyclic) bond motifs is 1. The highest BCUT2D eigenvalue weighted by Gasteiger charge is 2.21. The third-order valence-corrected chi connectivity index (χ3v) is 7.87. The molecule has 214 valence electrons. The second-order valence-electron chi connectivity index (χ2n) is 10.3. The molecule has 1 atom stereocenters. The van der Waals surface area contributed by atoms with Gasteiger partial charge in [0.05, 0.1) is 33.9 Å². The summed E-state index contributed by atoms with van der Waals surface area (Å²) in [7, 11) is 0. The largest absolute Gasteiger partial charge is 0.478 e. The molecule has 1 unspecified atom stereocenters. The van der Waals surface area contributed by atoms with Crippen molar-refractivity contribution in [2.24, 2.45) is 5.92 Å². The molecule has 10 heteroatoms. The Morgan fingerprint density at radius 2 is 1.95 bits per heavy atom. The van der Waals surface area contributed by atoms with E-state index >= 15 is 0 Å². The zero-order valence-electron chi connectivity index (χ0n) is 22.4. The Labute approximate surface area is 251 Å². The fourth-order valence-corrected chi connectivity index (χ4v) is 5.58. The van der Waals surface area contributed by atoms with Crippen LogP contribution in [0.2, 0.25) is 10.0 Å². The van der Waals surface area contributed by atoms with E-state index in [-0.39, 0.29) is 12.2 Å². The van der Waals surface area contributed by atoms with E-state index in [1.165, 1.54) is 6.07 Å². The van der Waals surface area contributed by atoms with Gasteiger partial charge < -0.3 is 19.1 Å². The summed E-state index contributed by atoms with van der Waals surface area (Å²) in [5.74, 6) is 0.0820. The molecule has 2 aromatic heterocycles. The fraction of sp³-hybridized carbons (Fsp3) is 0.219. The van der Waals surface area contributed by atoms with Crippen LogP contribution < -0.4 is 4.74 Å². The molecule has 1 N–H and O–H groups in total. The monoisotopic (exact) mass is 605 g/mol. The molecule has 6 rings (SSSR count). The number of carboxylic acid groups (broad SMARTS) is 1. The molecule has 0 radical (unpaired) electrons. The number of aromatic nitrogens is 3. The third kappa shape index (κ3) is 6.11. The van der Waals surface area contributed by atoms with E-state index in [2.05, 4.69) is 9.55 Å². The first kappa shape index (κ1) is 28.2. The Bertz CT molecular complexity index is 1790. The summed E-state index contributed by atoms with van der Waals surface area (Å²) in [5, 5.41) is 10.4. The molecule has 7 nitrogen and oxygen atoms in total. The molecule has 0 saturated carbocycles. The third-order valence-electron chi connectivity index (χ3n) is 7.32. The number of hydrogen-bond acceptors (Lipinski definition) is 5. The molecule has 0 bridgehead atoms. The number of nitrogens with zero attached hydrogens (tertiary/aromatic N) is 3. The summed E-state index contributed by atoms with van der Waals surface area (Å²) in [6, 6.07) is 20.6. The maximum absolute atomic E-state index is 14.1. The minimum atomic E-state index is -0.974. The Kier molecular flexibility index (Phi) is 8.11. The van der Waals surface area contributed by atoms with Gasteiger partial charge in [0, 0.05) is 47.7 Å². The fourth-order valence-electron chi connectivity index (χ4n) is 5.12. The highest BCUT2D eigenvalue weighted by Crippen LogP contribution is 2.31. The lowest BCUT2D eigenvalue weighted by atomic mass is 10.1. The molecular formula is C32H26Cl2FN3O4. The van der Waals surface area contributed by atoms with Gasteiger partial charge in [-0.05, 0) is 54.4 Å². The van der Waals surface area contributed by atoms with Gasteiger partial charge in [0.2, 0.25) is 5.88 Å². The van der Waals surface area contributed by atoms with Crippen LogP contribution in [-0.2, 0) is 24.3 Å². The molecule has 42 heavy (non-hydrogen) atoms. The summed E-state index contributed by atoms with van der Waals surface area (Å²) in [4.78, 5) is 21.1. The average Bonchev–Trinajstić information content (AvgIpc) is 3.61. The van der Waals surface area contributed by atoms with Crippen LogP contribution >= 0.6 is 23.2 Å². The maximum Gasteiger partial charge on any atom is 0.335 e. The normalized spacial score (nSPS) is 14.9. The highest BCUT2D eigenvalue weighted by molar-refractivity contribution is 6.33. The Hall–Kier alpha value is -3.98. The van der Waals surface area contributed by atoms with Crippen molar-refractivity contribution in [2.45, 2.75) is 26.0 Å². The minimum Gasteiger partial charge on any atom is -0.478 e. The predicted molar refractivity (Wildman–Crippen MR) is 159 cm³/mol. The van der Waals surface area contributed by atoms with Crippen LogP contribution in [0.1, 0.15) is 33.7 Å². The molecule has 1 aliphatic rings. The van der Waals surface area contributed by atoms with E-state index in [1.54, 1.807) is 42.5 Å². The lowest BCUT2D eigenvalue weighted by molar-refractivity contribution is 0.0697. The van der Waals surface area contributed by atoms with Gasteiger partial charge in [-0.2, -0.15) is 0 Å². The number of carboxylic acids is 1. The zero-order chi connectivity index (χ0) is 29.2. The smallest absolute Gasteiger partial charge is 0.335 e. The van der Waals surface area contributed by atoms with Gasteiger partial charge in [0.1, 0.15) is 18.2 Å². The van der Waals surface area contributed by atoms with E-state index in [9.17, 15) is 14.3 Å². The molecule has 0 amide bonds. The molecule has 3 heterocycles. The molecule has 1 aliphatic heterocycles. The van der Waals surface area contributed by atoms with E-state index in [0.717, 1.165) is 41.0 Å². The number of aromatic carboxylic acids is 1. The van der Waals surface area contributed by atoms with Gasteiger partial charge >= 0.3 is 5.97 Å². The standard InChI is InChI=1S/C32H26Cl2FN3O4/c33-23-7-5-22(26(35)15-23)18-42-31-3-1-2-27(37-31)24-8-4-19(12-25(24)34)13-30-36-28-9-6-21(32(39)40)14-29(28)38(30)16-20-10-11-41-17-20/h1-9,12,14-15,20H,10-11,13,16-18H2,(H,39,40). The first-order valence-electron chi connectivity index (χ1n) is 13.5. The maximum atomic E-state index is 14.1. The van der Waals surface area contributed by atoms with E-state index in [4.69, 9.17) is 37.7 Å². The van der Waals surface area contributed by atoms with Crippen LogP contribution in [-0.4, -0.2) is 38.8 Å². The number of carbonyl (C=O) groups is 1.